The standard InChI is InChI=1S/C20H20N6/c1-26-17-8-7-16-19(22-11-10-21-16)20(17)25-18(26)9-6-13-12-23-14-4-2-3-5-15(14)24-13/h2-5,7-8,12,21-22H,6,9-11H2,1H3. The van der Waals surface area contributed by atoms with Crippen LogP contribution in [0, 0.1) is 0 Å². The summed E-state index contributed by atoms with van der Waals surface area (Å²) in [6, 6.07) is 12.2. The Balaban J connectivity index is 1.46. The van der Waals surface area contributed by atoms with Gasteiger partial charge in [-0.15, -0.1) is 0 Å². The molecule has 0 fully saturated rings. The van der Waals surface area contributed by atoms with Crippen LogP contribution in [0.15, 0.2) is 42.6 Å². The molecule has 0 unspecified atom stereocenters. The van der Waals surface area contributed by atoms with Gasteiger partial charge in [-0.05, 0) is 30.7 Å². The molecule has 0 amide bonds. The van der Waals surface area contributed by atoms with Gasteiger partial charge < -0.3 is 15.2 Å². The molecule has 6 nitrogen and oxygen atoms in total. The molecule has 5 rings (SSSR count). The number of anilines is 2. The Morgan fingerprint density at radius 3 is 2.73 bits per heavy atom. The van der Waals surface area contributed by atoms with Gasteiger partial charge in [-0.25, -0.2) is 9.97 Å². The number of imidazole rings is 1. The third kappa shape index (κ3) is 2.45. The molecule has 130 valence electrons. The molecular formula is C20H20N6. The van der Waals surface area contributed by atoms with Crippen molar-refractivity contribution in [3.63, 3.8) is 0 Å². The highest BCUT2D eigenvalue weighted by Gasteiger charge is 2.17. The summed E-state index contributed by atoms with van der Waals surface area (Å²) in [6.45, 7) is 1.86. The summed E-state index contributed by atoms with van der Waals surface area (Å²) in [7, 11) is 2.08. The Kier molecular flexibility index (Phi) is 3.48. The first-order chi connectivity index (χ1) is 12.8. The third-order valence-corrected chi connectivity index (χ3v) is 4.99. The third-order valence-electron chi connectivity index (χ3n) is 4.99. The molecule has 0 bridgehead atoms. The number of hydrogen-bond acceptors (Lipinski definition) is 5. The fraction of sp³-hybridized carbons (Fsp3) is 0.250. The topological polar surface area (TPSA) is 67.7 Å². The first-order valence-electron chi connectivity index (χ1n) is 8.96. The van der Waals surface area contributed by atoms with Crippen molar-refractivity contribution < 1.29 is 0 Å². The molecule has 0 spiro atoms. The molecule has 0 saturated carbocycles. The minimum absolute atomic E-state index is 0.822. The Labute approximate surface area is 151 Å². The van der Waals surface area contributed by atoms with Gasteiger partial charge in [-0.2, -0.15) is 0 Å². The van der Waals surface area contributed by atoms with Crippen LogP contribution < -0.4 is 10.6 Å². The largest absolute Gasteiger partial charge is 0.382 e. The number of rotatable bonds is 3. The van der Waals surface area contributed by atoms with Crippen LogP contribution in [0.25, 0.3) is 22.1 Å². The Morgan fingerprint density at radius 2 is 1.81 bits per heavy atom. The first-order valence-corrected chi connectivity index (χ1v) is 8.96. The van der Waals surface area contributed by atoms with Gasteiger partial charge in [0.2, 0.25) is 0 Å². The number of fused-ring (bicyclic) bond motifs is 4. The summed E-state index contributed by atoms with van der Waals surface area (Å²) in [6.07, 6.45) is 3.53. The summed E-state index contributed by atoms with van der Waals surface area (Å²) < 4.78 is 2.18. The lowest BCUT2D eigenvalue weighted by Gasteiger charge is -2.19. The Bertz CT molecular complexity index is 1110. The highest BCUT2D eigenvalue weighted by Crippen LogP contribution is 2.33. The van der Waals surface area contributed by atoms with Crippen molar-refractivity contribution >= 4 is 33.4 Å². The van der Waals surface area contributed by atoms with Gasteiger partial charge in [-0.3, -0.25) is 4.98 Å². The average Bonchev–Trinajstić information content (AvgIpc) is 3.02. The van der Waals surface area contributed by atoms with E-state index in [2.05, 4.69) is 39.4 Å². The first kappa shape index (κ1) is 15.1. The maximum absolute atomic E-state index is 4.92. The number of benzene rings is 2. The number of nitrogens with zero attached hydrogens (tertiary/aromatic N) is 4. The molecule has 1 aliphatic rings. The van der Waals surface area contributed by atoms with Gasteiger partial charge in [0.05, 0.1) is 33.6 Å². The van der Waals surface area contributed by atoms with Gasteiger partial charge in [0.1, 0.15) is 11.3 Å². The quantitative estimate of drug-likeness (QED) is 0.598. The van der Waals surface area contributed by atoms with E-state index in [1.807, 2.05) is 30.5 Å². The van der Waals surface area contributed by atoms with Crippen molar-refractivity contribution in [1.29, 1.82) is 0 Å². The van der Waals surface area contributed by atoms with E-state index in [9.17, 15) is 0 Å². The summed E-state index contributed by atoms with van der Waals surface area (Å²) in [5.41, 5.74) is 7.31. The number of nitrogens with one attached hydrogen (secondary N) is 2. The lowest BCUT2D eigenvalue weighted by molar-refractivity contribution is 0.775. The van der Waals surface area contributed by atoms with E-state index < -0.39 is 0 Å². The fourth-order valence-corrected chi connectivity index (χ4v) is 3.60. The second kappa shape index (κ2) is 5.98. The van der Waals surface area contributed by atoms with E-state index in [-0.39, 0.29) is 0 Å². The lowest BCUT2D eigenvalue weighted by Crippen LogP contribution is -2.20. The van der Waals surface area contributed by atoms with Crippen molar-refractivity contribution in [3.05, 3.63) is 54.1 Å². The fourth-order valence-electron chi connectivity index (χ4n) is 3.60. The summed E-state index contributed by atoms with van der Waals surface area (Å²) in [4.78, 5) is 14.1. The van der Waals surface area contributed by atoms with E-state index in [4.69, 9.17) is 9.97 Å². The number of hydrogen-bond donors (Lipinski definition) is 2. The van der Waals surface area contributed by atoms with E-state index in [1.165, 1.54) is 0 Å². The van der Waals surface area contributed by atoms with Crippen LogP contribution in [0.3, 0.4) is 0 Å². The van der Waals surface area contributed by atoms with Gasteiger partial charge in [0.15, 0.2) is 0 Å². The number of para-hydroxylation sites is 2. The summed E-state index contributed by atoms with van der Waals surface area (Å²) >= 11 is 0. The van der Waals surface area contributed by atoms with Crippen molar-refractivity contribution in [3.8, 4) is 0 Å². The molecule has 2 aromatic carbocycles. The van der Waals surface area contributed by atoms with Crippen molar-refractivity contribution in [2.75, 3.05) is 23.7 Å². The van der Waals surface area contributed by atoms with Crippen LogP contribution in [-0.2, 0) is 19.9 Å². The molecular weight excluding hydrogens is 324 g/mol. The zero-order valence-corrected chi connectivity index (χ0v) is 14.7. The second-order valence-electron chi connectivity index (χ2n) is 6.65. The lowest BCUT2D eigenvalue weighted by atomic mass is 10.2. The van der Waals surface area contributed by atoms with E-state index in [0.29, 0.717) is 0 Å². The Hall–Kier alpha value is -3.15. The molecule has 0 atom stereocenters. The molecule has 2 aromatic heterocycles. The predicted octanol–water partition coefficient (Wildman–Crippen LogP) is 3.14. The average molecular weight is 344 g/mol. The summed E-state index contributed by atoms with van der Waals surface area (Å²) in [5.74, 6) is 1.07. The number of aryl methyl sites for hydroxylation is 3. The smallest absolute Gasteiger partial charge is 0.114 e. The maximum atomic E-state index is 4.92. The Morgan fingerprint density at radius 1 is 0.962 bits per heavy atom. The van der Waals surface area contributed by atoms with Gasteiger partial charge in [-0.1, -0.05) is 12.1 Å². The number of aromatic nitrogens is 4. The molecule has 6 heteroatoms. The molecule has 26 heavy (non-hydrogen) atoms. The van der Waals surface area contributed by atoms with Crippen molar-refractivity contribution in [2.45, 2.75) is 12.8 Å². The molecule has 3 heterocycles. The zero-order chi connectivity index (χ0) is 17.5. The van der Waals surface area contributed by atoms with Crippen molar-refractivity contribution in [2.24, 2.45) is 7.05 Å². The van der Waals surface area contributed by atoms with Crippen LogP contribution in [0.5, 0.6) is 0 Å². The van der Waals surface area contributed by atoms with Crippen LogP contribution in [0.1, 0.15) is 11.5 Å². The molecule has 0 radical (unpaired) electrons. The minimum Gasteiger partial charge on any atom is -0.382 e. The minimum atomic E-state index is 0.822. The molecule has 0 aliphatic carbocycles. The molecule has 2 N–H and O–H groups in total. The molecule has 1 aliphatic heterocycles. The highest BCUT2D eigenvalue weighted by molar-refractivity contribution is 5.97. The predicted molar refractivity (Wildman–Crippen MR) is 105 cm³/mol. The van der Waals surface area contributed by atoms with Crippen LogP contribution in [0.4, 0.5) is 11.4 Å². The van der Waals surface area contributed by atoms with Crippen LogP contribution in [0.2, 0.25) is 0 Å². The van der Waals surface area contributed by atoms with Crippen LogP contribution >= 0.6 is 0 Å². The monoisotopic (exact) mass is 344 g/mol. The normalized spacial score (nSPS) is 13.4. The highest BCUT2D eigenvalue weighted by atomic mass is 15.1. The molecule has 4 aromatic rings. The van der Waals surface area contributed by atoms with Crippen LogP contribution in [-0.4, -0.2) is 32.6 Å². The van der Waals surface area contributed by atoms with E-state index in [0.717, 1.165) is 70.9 Å². The second-order valence-corrected chi connectivity index (χ2v) is 6.65. The van der Waals surface area contributed by atoms with E-state index in [1.54, 1.807) is 0 Å². The zero-order valence-electron chi connectivity index (χ0n) is 14.7. The van der Waals surface area contributed by atoms with Gasteiger partial charge >= 0.3 is 0 Å². The maximum Gasteiger partial charge on any atom is 0.114 e. The SMILES string of the molecule is Cn1c(CCc2cnc3ccccc3n2)nc2c3c(ccc21)NCCN3. The van der Waals surface area contributed by atoms with Crippen molar-refractivity contribution in [1.82, 2.24) is 19.5 Å². The van der Waals surface area contributed by atoms with Gasteiger partial charge in [0, 0.05) is 32.8 Å². The summed E-state index contributed by atoms with van der Waals surface area (Å²) in [5, 5.41) is 6.91. The van der Waals surface area contributed by atoms with E-state index >= 15 is 0 Å². The van der Waals surface area contributed by atoms with Gasteiger partial charge in [0.25, 0.3) is 0 Å². The molecule has 0 saturated heterocycles.